The normalized spacial score (nSPS) is 20.4. The lowest BCUT2D eigenvalue weighted by molar-refractivity contribution is -0.146. The van der Waals surface area contributed by atoms with Crippen molar-refractivity contribution in [2.24, 2.45) is 0 Å². The van der Waals surface area contributed by atoms with Crippen molar-refractivity contribution < 1.29 is 19.1 Å². The van der Waals surface area contributed by atoms with Gasteiger partial charge in [-0.15, -0.1) is 0 Å². The highest BCUT2D eigenvalue weighted by Gasteiger charge is 2.36. The summed E-state index contributed by atoms with van der Waals surface area (Å²) in [6.07, 6.45) is 0.915. The average Bonchev–Trinajstić information content (AvgIpc) is 2.86. The maximum absolute atomic E-state index is 11.7. The molecular weight excluding hydrogens is 274 g/mol. The van der Waals surface area contributed by atoms with Gasteiger partial charge in [0.2, 0.25) is 0 Å². The molecule has 1 N–H and O–H groups in total. The number of nitriles is 1. The second kappa shape index (κ2) is 7.27. The summed E-state index contributed by atoms with van der Waals surface area (Å²) in [5.74, 6) is -0.343. The van der Waals surface area contributed by atoms with Gasteiger partial charge in [0.05, 0.1) is 13.2 Å². The first kappa shape index (κ1) is 17.2. The van der Waals surface area contributed by atoms with Crippen molar-refractivity contribution in [2.75, 3.05) is 20.2 Å². The van der Waals surface area contributed by atoms with Gasteiger partial charge in [-0.1, -0.05) is 0 Å². The van der Waals surface area contributed by atoms with Gasteiger partial charge in [-0.3, -0.25) is 9.69 Å². The molecule has 1 saturated heterocycles. The highest BCUT2D eigenvalue weighted by molar-refractivity contribution is 5.76. The molecule has 0 saturated carbocycles. The SMILES string of the molecule is COC(=O)[C@@H]1CCCN1[C@H](C#N)CNC(=O)OC(C)(C)C. The number of ether oxygens (including phenoxy) is 2. The van der Waals surface area contributed by atoms with E-state index in [9.17, 15) is 14.9 Å². The molecule has 1 fully saturated rings. The maximum Gasteiger partial charge on any atom is 0.407 e. The number of carbonyl (C=O) groups excluding carboxylic acids is 2. The van der Waals surface area contributed by atoms with Gasteiger partial charge in [-0.05, 0) is 33.6 Å². The molecule has 1 aliphatic heterocycles. The summed E-state index contributed by atoms with van der Waals surface area (Å²) in [5.41, 5.74) is -0.589. The number of carbonyl (C=O) groups is 2. The number of hydrogen-bond donors (Lipinski definition) is 1. The van der Waals surface area contributed by atoms with Gasteiger partial charge < -0.3 is 14.8 Å². The van der Waals surface area contributed by atoms with Gasteiger partial charge >= 0.3 is 12.1 Å². The molecule has 7 nitrogen and oxygen atoms in total. The van der Waals surface area contributed by atoms with Crippen LogP contribution in [0.1, 0.15) is 33.6 Å². The van der Waals surface area contributed by atoms with Crippen LogP contribution in [0.3, 0.4) is 0 Å². The Morgan fingerprint density at radius 1 is 1.48 bits per heavy atom. The molecule has 118 valence electrons. The number of esters is 1. The fraction of sp³-hybridized carbons (Fsp3) is 0.786. The fourth-order valence-corrected chi connectivity index (χ4v) is 2.28. The minimum Gasteiger partial charge on any atom is -0.468 e. The van der Waals surface area contributed by atoms with E-state index in [1.165, 1.54) is 7.11 Å². The second-order valence-electron chi connectivity index (χ2n) is 5.95. The Balaban J connectivity index is 2.57. The molecule has 7 heteroatoms. The predicted molar refractivity (Wildman–Crippen MR) is 75.4 cm³/mol. The van der Waals surface area contributed by atoms with Crippen LogP contribution in [0.15, 0.2) is 0 Å². The van der Waals surface area contributed by atoms with E-state index in [-0.39, 0.29) is 12.5 Å². The lowest BCUT2D eigenvalue weighted by atomic mass is 10.2. The summed E-state index contributed by atoms with van der Waals surface area (Å²) in [6, 6.07) is 1.12. The van der Waals surface area contributed by atoms with Crippen LogP contribution >= 0.6 is 0 Å². The Labute approximate surface area is 125 Å². The molecule has 1 rings (SSSR count). The topological polar surface area (TPSA) is 91.7 Å². The van der Waals surface area contributed by atoms with E-state index in [2.05, 4.69) is 11.4 Å². The number of likely N-dealkylation sites (tertiary alicyclic amines) is 1. The van der Waals surface area contributed by atoms with Gasteiger partial charge in [0, 0.05) is 13.1 Å². The number of hydrogen-bond acceptors (Lipinski definition) is 6. The van der Waals surface area contributed by atoms with Crippen LogP contribution in [-0.4, -0.2) is 54.8 Å². The lowest BCUT2D eigenvalue weighted by Crippen LogP contribution is -2.48. The van der Waals surface area contributed by atoms with Crippen LogP contribution in [0.25, 0.3) is 0 Å². The molecule has 0 aromatic carbocycles. The Kier molecular flexibility index (Phi) is 5.97. The first-order valence-corrected chi connectivity index (χ1v) is 6.98. The fourth-order valence-electron chi connectivity index (χ4n) is 2.28. The molecule has 0 aliphatic carbocycles. The summed E-state index contributed by atoms with van der Waals surface area (Å²) in [6.45, 7) is 6.04. The Morgan fingerprint density at radius 3 is 2.67 bits per heavy atom. The average molecular weight is 297 g/mol. The number of nitrogens with zero attached hydrogens (tertiary/aromatic N) is 2. The smallest absolute Gasteiger partial charge is 0.407 e. The minimum absolute atomic E-state index is 0.110. The van der Waals surface area contributed by atoms with Crippen molar-refractivity contribution in [1.29, 1.82) is 5.26 Å². The lowest BCUT2D eigenvalue weighted by Gasteiger charge is -2.27. The van der Waals surface area contributed by atoms with Crippen molar-refractivity contribution in [1.82, 2.24) is 10.2 Å². The second-order valence-corrected chi connectivity index (χ2v) is 5.95. The first-order chi connectivity index (χ1) is 9.78. The first-order valence-electron chi connectivity index (χ1n) is 6.98. The van der Waals surface area contributed by atoms with Crippen LogP contribution in [0.2, 0.25) is 0 Å². The zero-order valence-corrected chi connectivity index (χ0v) is 13.0. The maximum atomic E-state index is 11.7. The van der Waals surface area contributed by atoms with E-state index in [4.69, 9.17) is 9.47 Å². The standard InChI is InChI=1S/C14H23N3O4/c1-14(2,3)21-13(19)16-9-10(8-15)17-7-5-6-11(17)12(18)20-4/h10-11H,5-7,9H2,1-4H3,(H,16,19)/t10-,11+/m1/s1. The molecule has 0 aromatic rings. The molecule has 0 radical (unpaired) electrons. The third-order valence-electron chi connectivity index (χ3n) is 3.16. The van der Waals surface area contributed by atoms with Crippen molar-refractivity contribution in [3.8, 4) is 6.07 Å². The van der Waals surface area contributed by atoms with Gasteiger partial charge in [-0.25, -0.2) is 4.79 Å². The highest BCUT2D eigenvalue weighted by Crippen LogP contribution is 2.20. The van der Waals surface area contributed by atoms with Crippen LogP contribution < -0.4 is 5.32 Å². The summed E-state index contributed by atoms with van der Waals surface area (Å²) >= 11 is 0. The van der Waals surface area contributed by atoms with E-state index in [1.807, 2.05) is 0 Å². The monoisotopic (exact) mass is 297 g/mol. The number of amides is 1. The predicted octanol–water partition coefficient (Wildman–Crippen LogP) is 1.04. The van der Waals surface area contributed by atoms with E-state index >= 15 is 0 Å². The van der Waals surface area contributed by atoms with E-state index < -0.39 is 23.8 Å². The van der Waals surface area contributed by atoms with Gasteiger partial charge in [0.1, 0.15) is 17.7 Å². The molecule has 1 heterocycles. The van der Waals surface area contributed by atoms with Crippen molar-refractivity contribution >= 4 is 12.1 Å². The molecular formula is C14H23N3O4. The van der Waals surface area contributed by atoms with Crippen LogP contribution in [0.5, 0.6) is 0 Å². The molecule has 0 bridgehead atoms. The number of alkyl carbamates (subject to hydrolysis) is 1. The Morgan fingerprint density at radius 2 is 2.14 bits per heavy atom. The van der Waals surface area contributed by atoms with Crippen LogP contribution in [0.4, 0.5) is 4.79 Å². The molecule has 0 spiro atoms. The zero-order valence-electron chi connectivity index (χ0n) is 13.0. The highest BCUT2D eigenvalue weighted by atomic mass is 16.6. The molecule has 2 atom stereocenters. The molecule has 0 unspecified atom stereocenters. The van der Waals surface area contributed by atoms with E-state index in [0.717, 1.165) is 6.42 Å². The third kappa shape index (κ3) is 5.23. The van der Waals surface area contributed by atoms with Crippen molar-refractivity contribution in [3.63, 3.8) is 0 Å². The number of rotatable bonds is 4. The van der Waals surface area contributed by atoms with Gasteiger partial charge in [0.15, 0.2) is 0 Å². The van der Waals surface area contributed by atoms with E-state index in [1.54, 1.807) is 25.7 Å². The van der Waals surface area contributed by atoms with Crippen molar-refractivity contribution in [2.45, 2.75) is 51.3 Å². The van der Waals surface area contributed by atoms with Crippen LogP contribution in [0, 0.1) is 11.3 Å². The Hall–Kier alpha value is -1.81. The minimum atomic E-state index is -0.589. The van der Waals surface area contributed by atoms with Gasteiger partial charge in [-0.2, -0.15) is 5.26 Å². The molecule has 0 aromatic heterocycles. The third-order valence-corrected chi connectivity index (χ3v) is 3.16. The summed E-state index contributed by atoms with van der Waals surface area (Å²) in [7, 11) is 1.33. The Bertz CT molecular complexity index is 425. The summed E-state index contributed by atoms with van der Waals surface area (Å²) in [5, 5.41) is 11.8. The number of methoxy groups -OCH3 is 1. The molecule has 1 aliphatic rings. The van der Waals surface area contributed by atoms with Crippen LogP contribution in [-0.2, 0) is 14.3 Å². The van der Waals surface area contributed by atoms with Gasteiger partial charge in [0.25, 0.3) is 0 Å². The van der Waals surface area contributed by atoms with E-state index in [0.29, 0.717) is 13.0 Å². The number of nitrogens with one attached hydrogen (secondary N) is 1. The van der Waals surface area contributed by atoms with Crippen molar-refractivity contribution in [3.05, 3.63) is 0 Å². The summed E-state index contributed by atoms with van der Waals surface area (Å²) < 4.78 is 9.87. The quantitative estimate of drug-likeness (QED) is 0.780. The molecule has 21 heavy (non-hydrogen) atoms. The molecule has 1 amide bonds. The largest absolute Gasteiger partial charge is 0.468 e. The summed E-state index contributed by atoms with van der Waals surface area (Å²) in [4.78, 5) is 25.1. The zero-order chi connectivity index (χ0) is 16.0.